The average molecular weight is 323 g/mol. The fourth-order valence-corrected chi connectivity index (χ4v) is 2.18. The number of nitrogen functional groups attached to an aromatic ring is 1. The number of nitrogens with one attached hydrogen (secondary N) is 1. The molecule has 0 amide bonds. The molecule has 2 aromatic carbocycles. The number of nitriles is 1. The number of rotatable bonds is 2. The SMILES string of the molecule is N#Cc1cc(Br)cc(Nc2cc(N)ccc2Cl)c1. The van der Waals surface area contributed by atoms with Crippen LogP contribution in [0.3, 0.4) is 0 Å². The van der Waals surface area contributed by atoms with Crippen molar-refractivity contribution in [3.63, 3.8) is 0 Å². The summed E-state index contributed by atoms with van der Waals surface area (Å²) in [5, 5.41) is 12.6. The Morgan fingerprint density at radius 3 is 2.72 bits per heavy atom. The van der Waals surface area contributed by atoms with Gasteiger partial charge in [0.05, 0.1) is 22.3 Å². The molecule has 2 aromatic rings. The maximum absolute atomic E-state index is 8.91. The molecule has 0 unspecified atom stereocenters. The second-order valence-electron chi connectivity index (χ2n) is 3.70. The van der Waals surface area contributed by atoms with Gasteiger partial charge in [-0.3, -0.25) is 0 Å². The number of anilines is 3. The molecule has 0 radical (unpaired) electrons. The van der Waals surface area contributed by atoms with Crippen molar-refractivity contribution in [2.24, 2.45) is 0 Å². The fraction of sp³-hybridized carbons (Fsp3) is 0. The van der Waals surface area contributed by atoms with Gasteiger partial charge in [-0.05, 0) is 36.4 Å². The Hall–Kier alpha value is -1.70. The fourth-order valence-electron chi connectivity index (χ4n) is 1.52. The second kappa shape index (κ2) is 5.30. The lowest BCUT2D eigenvalue weighted by atomic mass is 10.2. The summed E-state index contributed by atoms with van der Waals surface area (Å²) in [6, 6.07) is 12.6. The van der Waals surface area contributed by atoms with Crippen molar-refractivity contribution in [2.75, 3.05) is 11.1 Å². The molecule has 2 rings (SSSR count). The van der Waals surface area contributed by atoms with Crippen LogP contribution < -0.4 is 11.1 Å². The molecule has 0 atom stereocenters. The highest BCUT2D eigenvalue weighted by Gasteiger charge is 2.03. The third-order valence-electron chi connectivity index (χ3n) is 2.30. The van der Waals surface area contributed by atoms with Gasteiger partial charge in [0.1, 0.15) is 0 Å². The van der Waals surface area contributed by atoms with Crippen molar-refractivity contribution < 1.29 is 0 Å². The van der Waals surface area contributed by atoms with Crippen LogP contribution >= 0.6 is 27.5 Å². The maximum atomic E-state index is 8.91. The summed E-state index contributed by atoms with van der Waals surface area (Å²) in [4.78, 5) is 0. The van der Waals surface area contributed by atoms with E-state index in [1.54, 1.807) is 30.3 Å². The summed E-state index contributed by atoms with van der Waals surface area (Å²) in [5.74, 6) is 0. The Morgan fingerprint density at radius 1 is 1.22 bits per heavy atom. The van der Waals surface area contributed by atoms with E-state index in [1.165, 1.54) is 0 Å². The van der Waals surface area contributed by atoms with E-state index in [2.05, 4.69) is 27.3 Å². The molecule has 0 aromatic heterocycles. The Bertz CT molecular complexity index is 635. The number of nitrogens with zero attached hydrogens (tertiary/aromatic N) is 1. The molecule has 90 valence electrons. The summed E-state index contributed by atoms with van der Waals surface area (Å²) < 4.78 is 0.823. The lowest BCUT2D eigenvalue weighted by Gasteiger charge is -2.10. The molecule has 18 heavy (non-hydrogen) atoms. The zero-order valence-corrected chi connectivity index (χ0v) is 11.6. The molecule has 0 fully saturated rings. The highest BCUT2D eigenvalue weighted by atomic mass is 79.9. The van der Waals surface area contributed by atoms with Crippen LogP contribution in [0, 0.1) is 11.3 Å². The number of benzene rings is 2. The lowest BCUT2D eigenvalue weighted by Crippen LogP contribution is -1.94. The predicted octanol–water partition coefficient (Wildman–Crippen LogP) is 4.30. The van der Waals surface area contributed by atoms with Crippen molar-refractivity contribution in [1.29, 1.82) is 5.26 Å². The van der Waals surface area contributed by atoms with Crippen LogP contribution in [0.2, 0.25) is 5.02 Å². The number of nitrogens with two attached hydrogens (primary N) is 1. The minimum absolute atomic E-state index is 0.562. The van der Waals surface area contributed by atoms with E-state index in [4.69, 9.17) is 22.6 Å². The largest absolute Gasteiger partial charge is 0.399 e. The molecular formula is C13H9BrClN3. The predicted molar refractivity (Wildman–Crippen MR) is 78.0 cm³/mol. The highest BCUT2D eigenvalue weighted by molar-refractivity contribution is 9.10. The normalized spacial score (nSPS) is 9.83. The summed E-state index contributed by atoms with van der Waals surface area (Å²) in [5.41, 5.74) is 8.37. The van der Waals surface area contributed by atoms with Gasteiger partial charge in [0, 0.05) is 15.8 Å². The van der Waals surface area contributed by atoms with Crippen molar-refractivity contribution in [2.45, 2.75) is 0 Å². The molecule has 0 heterocycles. The van der Waals surface area contributed by atoms with Gasteiger partial charge < -0.3 is 11.1 Å². The van der Waals surface area contributed by atoms with E-state index in [-0.39, 0.29) is 0 Å². The first-order valence-electron chi connectivity index (χ1n) is 5.11. The molecule has 3 nitrogen and oxygen atoms in total. The Morgan fingerprint density at radius 2 is 2.00 bits per heavy atom. The molecule has 0 aliphatic heterocycles. The molecule has 0 bridgehead atoms. The third-order valence-corrected chi connectivity index (χ3v) is 3.08. The van der Waals surface area contributed by atoms with Gasteiger partial charge in [0.15, 0.2) is 0 Å². The lowest BCUT2D eigenvalue weighted by molar-refractivity contribution is 1.46. The van der Waals surface area contributed by atoms with Gasteiger partial charge in [-0.1, -0.05) is 27.5 Å². The van der Waals surface area contributed by atoms with E-state index in [1.807, 2.05) is 6.07 Å². The minimum Gasteiger partial charge on any atom is -0.399 e. The van der Waals surface area contributed by atoms with Gasteiger partial charge in [-0.15, -0.1) is 0 Å². The van der Waals surface area contributed by atoms with Crippen LogP contribution in [-0.2, 0) is 0 Å². The Kier molecular flexibility index (Phi) is 3.75. The quantitative estimate of drug-likeness (QED) is 0.810. The smallest absolute Gasteiger partial charge is 0.0992 e. The van der Waals surface area contributed by atoms with E-state index in [0.717, 1.165) is 10.2 Å². The highest BCUT2D eigenvalue weighted by Crippen LogP contribution is 2.29. The molecular weight excluding hydrogens is 314 g/mol. The molecule has 0 spiro atoms. The minimum atomic E-state index is 0.562. The number of hydrogen-bond acceptors (Lipinski definition) is 3. The third kappa shape index (κ3) is 2.95. The van der Waals surface area contributed by atoms with Crippen LogP contribution in [0.4, 0.5) is 17.1 Å². The maximum Gasteiger partial charge on any atom is 0.0992 e. The number of halogens is 2. The van der Waals surface area contributed by atoms with Crippen molar-refractivity contribution in [1.82, 2.24) is 0 Å². The summed E-state index contributed by atoms with van der Waals surface area (Å²) in [6.07, 6.45) is 0. The van der Waals surface area contributed by atoms with Gasteiger partial charge >= 0.3 is 0 Å². The second-order valence-corrected chi connectivity index (χ2v) is 5.03. The van der Waals surface area contributed by atoms with Crippen LogP contribution in [0.15, 0.2) is 40.9 Å². The monoisotopic (exact) mass is 321 g/mol. The van der Waals surface area contributed by atoms with E-state index in [0.29, 0.717) is 22.0 Å². The van der Waals surface area contributed by atoms with Gasteiger partial charge in [-0.2, -0.15) is 5.26 Å². The van der Waals surface area contributed by atoms with Crippen LogP contribution in [0.1, 0.15) is 5.56 Å². The number of hydrogen-bond donors (Lipinski definition) is 2. The zero-order chi connectivity index (χ0) is 13.1. The van der Waals surface area contributed by atoms with Gasteiger partial charge in [-0.25, -0.2) is 0 Å². The van der Waals surface area contributed by atoms with Crippen LogP contribution in [0.25, 0.3) is 0 Å². The Balaban J connectivity index is 2.37. The van der Waals surface area contributed by atoms with E-state index >= 15 is 0 Å². The van der Waals surface area contributed by atoms with Crippen LogP contribution in [0.5, 0.6) is 0 Å². The standard InChI is InChI=1S/C13H9BrClN3/c14-9-3-8(7-16)4-11(5-9)18-13-6-10(17)1-2-12(13)15/h1-6,18H,17H2. The molecule has 3 N–H and O–H groups in total. The van der Waals surface area contributed by atoms with Gasteiger partial charge in [0.25, 0.3) is 0 Å². The Labute approximate surface area is 118 Å². The topological polar surface area (TPSA) is 61.8 Å². The molecule has 0 aliphatic carbocycles. The zero-order valence-electron chi connectivity index (χ0n) is 9.24. The van der Waals surface area contributed by atoms with Crippen molar-refractivity contribution in [3.05, 3.63) is 51.5 Å². The summed E-state index contributed by atoms with van der Waals surface area (Å²) in [7, 11) is 0. The first kappa shape index (κ1) is 12.7. The van der Waals surface area contributed by atoms with Crippen molar-refractivity contribution in [3.8, 4) is 6.07 Å². The first-order valence-corrected chi connectivity index (χ1v) is 6.28. The molecule has 0 saturated heterocycles. The summed E-state index contributed by atoms with van der Waals surface area (Å²) >= 11 is 9.42. The van der Waals surface area contributed by atoms with Gasteiger partial charge in [0.2, 0.25) is 0 Å². The average Bonchev–Trinajstić information content (AvgIpc) is 2.33. The van der Waals surface area contributed by atoms with E-state index < -0.39 is 0 Å². The summed E-state index contributed by atoms with van der Waals surface area (Å²) in [6.45, 7) is 0. The first-order chi connectivity index (χ1) is 8.58. The van der Waals surface area contributed by atoms with Crippen molar-refractivity contribution >= 4 is 44.6 Å². The molecule has 5 heteroatoms. The van der Waals surface area contributed by atoms with E-state index in [9.17, 15) is 0 Å². The molecule has 0 aliphatic rings. The van der Waals surface area contributed by atoms with Crippen LogP contribution in [-0.4, -0.2) is 0 Å². The molecule has 0 saturated carbocycles.